The summed E-state index contributed by atoms with van der Waals surface area (Å²) in [7, 11) is 1.46. The minimum absolute atomic E-state index is 0.0632. The highest BCUT2D eigenvalue weighted by Crippen LogP contribution is 2.31. The molecule has 7 heteroatoms. The number of methoxy groups -OCH3 is 1. The molecule has 0 bridgehead atoms. The molecular formula is C18H15F2N3O2. The minimum Gasteiger partial charge on any atom is -0.497 e. The lowest BCUT2D eigenvalue weighted by atomic mass is 10.0. The monoisotopic (exact) mass is 343 g/mol. The van der Waals surface area contributed by atoms with Gasteiger partial charge in [-0.1, -0.05) is 11.2 Å². The van der Waals surface area contributed by atoms with E-state index in [0.717, 1.165) is 13.0 Å². The van der Waals surface area contributed by atoms with Crippen LogP contribution < -0.4 is 10.1 Å². The van der Waals surface area contributed by atoms with Crippen LogP contribution in [0.3, 0.4) is 0 Å². The smallest absolute Gasteiger partial charge is 0.260 e. The molecule has 1 aliphatic heterocycles. The van der Waals surface area contributed by atoms with Crippen LogP contribution in [0.4, 0.5) is 8.78 Å². The molecule has 1 aliphatic rings. The van der Waals surface area contributed by atoms with E-state index in [2.05, 4.69) is 15.5 Å². The van der Waals surface area contributed by atoms with Crippen LogP contribution in [0, 0.1) is 11.6 Å². The molecule has 1 aromatic heterocycles. The number of nitrogens with one attached hydrogen (secondary N) is 1. The SMILES string of the molecule is COc1ccc(-c2ccc(-c3nc(C4CCN4)no3)c(F)c2)c(F)c1. The molecule has 25 heavy (non-hydrogen) atoms. The van der Waals surface area contributed by atoms with Gasteiger partial charge in [0.05, 0.1) is 18.7 Å². The summed E-state index contributed by atoms with van der Waals surface area (Å²) < 4.78 is 38.8. The quantitative estimate of drug-likeness (QED) is 0.782. The molecule has 5 nitrogen and oxygen atoms in total. The second kappa shape index (κ2) is 6.25. The standard InChI is InChI=1S/C18H15F2N3O2/c1-24-11-3-5-12(15(20)9-11)10-2-4-13(14(19)8-10)18-22-17(23-25-18)16-6-7-21-16/h2-5,8-9,16,21H,6-7H2,1H3. The van der Waals surface area contributed by atoms with E-state index in [4.69, 9.17) is 9.26 Å². The summed E-state index contributed by atoms with van der Waals surface area (Å²) in [6, 6.07) is 8.89. The van der Waals surface area contributed by atoms with Gasteiger partial charge in [-0.3, -0.25) is 0 Å². The van der Waals surface area contributed by atoms with Gasteiger partial charge >= 0.3 is 0 Å². The zero-order valence-electron chi connectivity index (χ0n) is 13.4. The highest BCUT2D eigenvalue weighted by Gasteiger charge is 2.25. The Hall–Kier alpha value is -2.80. The van der Waals surface area contributed by atoms with Crippen LogP contribution in [-0.2, 0) is 0 Å². The first-order valence-corrected chi connectivity index (χ1v) is 7.86. The Morgan fingerprint density at radius 1 is 1.12 bits per heavy atom. The Morgan fingerprint density at radius 2 is 1.88 bits per heavy atom. The Morgan fingerprint density at radius 3 is 2.52 bits per heavy atom. The van der Waals surface area contributed by atoms with Crippen molar-refractivity contribution >= 4 is 0 Å². The van der Waals surface area contributed by atoms with Crippen LogP contribution in [0.2, 0.25) is 0 Å². The maximum absolute atomic E-state index is 14.5. The molecule has 0 spiro atoms. The van der Waals surface area contributed by atoms with Crippen molar-refractivity contribution in [2.24, 2.45) is 0 Å². The number of ether oxygens (including phenoxy) is 1. The Balaban J connectivity index is 1.65. The number of aromatic nitrogens is 2. The van der Waals surface area contributed by atoms with Crippen molar-refractivity contribution in [2.75, 3.05) is 13.7 Å². The second-order valence-corrected chi connectivity index (χ2v) is 5.79. The number of benzene rings is 2. The first-order chi connectivity index (χ1) is 12.2. The Kier molecular flexibility index (Phi) is 3.93. The lowest BCUT2D eigenvalue weighted by Gasteiger charge is -2.23. The average Bonchev–Trinajstić information content (AvgIpc) is 3.02. The predicted octanol–water partition coefficient (Wildman–Crippen LogP) is 3.72. The predicted molar refractivity (Wildman–Crippen MR) is 87.0 cm³/mol. The summed E-state index contributed by atoms with van der Waals surface area (Å²) in [6.07, 6.45) is 0.928. The van der Waals surface area contributed by atoms with Gasteiger partial charge in [0.15, 0.2) is 5.82 Å². The van der Waals surface area contributed by atoms with E-state index >= 15 is 0 Å². The van der Waals surface area contributed by atoms with Gasteiger partial charge in [-0.15, -0.1) is 0 Å². The lowest BCUT2D eigenvalue weighted by Crippen LogP contribution is -2.35. The zero-order valence-corrected chi connectivity index (χ0v) is 13.4. The summed E-state index contributed by atoms with van der Waals surface area (Å²) in [4.78, 5) is 4.24. The van der Waals surface area contributed by atoms with Gasteiger partial charge in [-0.05, 0) is 42.8 Å². The molecule has 1 unspecified atom stereocenters. The maximum Gasteiger partial charge on any atom is 0.260 e. The molecule has 0 aliphatic carbocycles. The third-order valence-electron chi connectivity index (χ3n) is 4.26. The van der Waals surface area contributed by atoms with Crippen LogP contribution in [0.5, 0.6) is 5.75 Å². The third-order valence-corrected chi connectivity index (χ3v) is 4.26. The number of rotatable bonds is 4. The van der Waals surface area contributed by atoms with Gasteiger partial charge in [-0.2, -0.15) is 4.98 Å². The molecule has 1 N–H and O–H groups in total. The summed E-state index contributed by atoms with van der Waals surface area (Å²) >= 11 is 0. The van der Waals surface area contributed by atoms with E-state index in [1.54, 1.807) is 18.2 Å². The van der Waals surface area contributed by atoms with E-state index in [0.29, 0.717) is 17.1 Å². The summed E-state index contributed by atoms with van der Waals surface area (Å²) in [5, 5.41) is 7.04. The largest absolute Gasteiger partial charge is 0.497 e. The first kappa shape index (κ1) is 15.7. The maximum atomic E-state index is 14.5. The van der Waals surface area contributed by atoms with Gasteiger partial charge in [-0.25, -0.2) is 8.78 Å². The molecule has 1 saturated heterocycles. The molecule has 3 aromatic rings. The van der Waals surface area contributed by atoms with E-state index < -0.39 is 11.6 Å². The van der Waals surface area contributed by atoms with Crippen LogP contribution in [-0.4, -0.2) is 23.8 Å². The molecule has 128 valence electrons. The minimum atomic E-state index is -0.551. The fourth-order valence-electron chi connectivity index (χ4n) is 2.71. The van der Waals surface area contributed by atoms with Crippen LogP contribution >= 0.6 is 0 Å². The van der Waals surface area contributed by atoms with Crippen molar-refractivity contribution in [3.05, 3.63) is 53.9 Å². The van der Waals surface area contributed by atoms with Crippen LogP contribution in [0.1, 0.15) is 18.3 Å². The fraction of sp³-hybridized carbons (Fsp3) is 0.222. The summed E-state index contributed by atoms with van der Waals surface area (Å²) in [6.45, 7) is 0.908. The first-order valence-electron chi connectivity index (χ1n) is 7.86. The van der Waals surface area contributed by atoms with Crippen LogP contribution in [0.15, 0.2) is 40.9 Å². The Bertz CT molecular complexity index is 922. The average molecular weight is 343 g/mol. The van der Waals surface area contributed by atoms with E-state index in [1.807, 2.05) is 0 Å². The van der Waals surface area contributed by atoms with Crippen molar-refractivity contribution in [3.8, 4) is 28.3 Å². The molecule has 0 amide bonds. The molecule has 4 rings (SSSR count). The van der Waals surface area contributed by atoms with Gasteiger partial charge in [0.25, 0.3) is 5.89 Å². The normalized spacial score (nSPS) is 16.5. The van der Waals surface area contributed by atoms with E-state index in [1.165, 1.54) is 25.3 Å². The molecule has 0 saturated carbocycles. The molecule has 2 heterocycles. The van der Waals surface area contributed by atoms with E-state index in [9.17, 15) is 8.78 Å². The molecular weight excluding hydrogens is 328 g/mol. The molecule has 2 aromatic carbocycles. The summed E-state index contributed by atoms with van der Waals surface area (Å²) in [5.74, 6) is 0.00216. The van der Waals surface area contributed by atoms with Crippen molar-refractivity contribution in [1.82, 2.24) is 15.5 Å². The number of hydrogen-bond acceptors (Lipinski definition) is 5. The van der Waals surface area contributed by atoms with Crippen LogP contribution in [0.25, 0.3) is 22.6 Å². The third kappa shape index (κ3) is 2.87. The Labute approximate surface area is 142 Å². The lowest BCUT2D eigenvalue weighted by molar-refractivity contribution is 0.342. The van der Waals surface area contributed by atoms with Crippen molar-refractivity contribution in [3.63, 3.8) is 0 Å². The zero-order chi connectivity index (χ0) is 17.4. The molecule has 0 radical (unpaired) electrons. The summed E-state index contributed by atoms with van der Waals surface area (Å²) in [5.41, 5.74) is 0.897. The molecule has 1 fully saturated rings. The number of hydrogen-bond donors (Lipinski definition) is 1. The van der Waals surface area contributed by atoms with Crippen molar-refractivity contribution < 1.29 is 18.0 Å². The van der Waals surface area contributed by atoms with E-state index in [-0.39, 0.29) is 23.1 Å². The highest BCUT2D eigenvalue weighted by atomic mass is 19.1. The van der Waals surface area contributed by atoms with Gasteiger partial charge in [0.2, 0.25) is 0 Å². The number of nitrogens with zero attached hydrogens (tertiary/aromatic N) is 2. The van der Waals surface area contributed by atoms with Gasteiger partial charge in [0.1, 0.15) is 17.4 Å². The second-order valence-electron chi connectivity index (χ2n) is 5.79. The highest BCUT2D eigenvalue weighted by molar-refractivity contribution is 5.69. The molecule has 1 atom stereocenters. The number of halogens is 2. The van der Waals surface area contributed by atoms with Crippen molar-refractivity contribution in [1.29, 1.82) is 0 Å². The topological polar surface area (TPSA) is 60.2 Å². The van der Waals surface area contributed by atoms with Gasteiger partial charge < -0.3 is 14.6 Å². The van der Waals surface area contributed by atoms with Crippen molar-refractivity contribution in [2.45, 2.75) is 12.5 Å². The fourth-order valence-corrected chi connectivity index (χ4v) is 2.71. The van der Waals surface area contributed by atoms with Gasteiger partial charge in [0, 0.05) is 11.6 Å².